The molecule has 6 heteroatoms. The van der Waals surface area contributed by atoms with Crippen LogP contribution in [0.3, 0.4) is 0 Å². The van der Waals surface area contributed by atoms with E-state index in [1.165, 1.54) is 11.1 Å². The van der Waals surface area contributed by atoms with E-state index in [9.17, 15) is 4.79 Å². The summed E-state index contributed by atoms with van der Waals surface area (Å²) >= 11 is 0. The molecule has 0 heterocycles. The van der Waals surface area contributed by atoms with Crippen LogP contribution in [0.25, 0.3) is 0 Å². The second-order valence-corrected chi connectivity index (χ2v) is 6.61. The number of anilines is 1. The predicted octanol–water partition coefficient (Wildman–Crippen LogP) is 4.38. The number of guanidine groups is 1. The van der Waals surface area contributed by atoms with Crippen LogP contribution in [0.15, 0.2) is 47.5 Å². The molecule has 0 aliphatic rings. The Morgan fingerprint density at radius 1 is 1.11 bits per heavy atom. The average molecular weight is 480 g/mol. The van der Waals surface area contributed by atoms with Gasteiger partial charge in [0.05, 0.1) is 6.54 Å². The van der Waals surface area contributed by atoms with Crippen LogP contribution >= 0.6 is 24.0 Å². The van der Waals surface area contributed by atoms with Crippen molar-refractivity contribution in [2.45, 2.75) is 46.7 Å². The van der Waals surface area contributed by atoms with Gasteiger partial charge >= 0.3 is 0 Å². The molecule has 0 aliphatic carbocycles. The third-order valence-corrected chi connectivity index (χ3v) is 4.42. The third-order valence-electron chi connectivity index (χ3n) is 4.42. The highest BCUT2D eigenvalue weighted by molar-refractivity contribution is 14.0. The molecular weight excluding hydrogens is 451 g/mol. The lowest BCUT2D eigenvalue weighted by Crippen LogP contribution is -2.31. The maximum absolute atomic E-state index is 12.1. The van der Waals surface area contributed by atoms with Gasteiger partial charge in [-0.05, 0) is 68.1 Å². The number of benzene rings is 2. The standard InChI is InChI=1S/C21H28N4O.HI/c1-5-16(4)24-20(26)18-9-7-17(8-10-18)13-23-21(22)25-19-11-6-14(2)15(3)12-19;/h6-12,16H,5,13H2,1-4H3,(H,24,26)(H3,22,23,25);1H. The van der Waals surface area contributed by atoms with E-state index in [0.29, 0.717) is 18.1 Å². The Kier molecular flexibility index (Phi) is 9.28. The van der Waals surface area contributed by atoms with Gasteiger partial charge in [0, 0.05) is 17.3 Å². The number of aryl methyl sites for hydroxylation is 2. The molecule has 0 aromatic heterocycles. The van der Waals surface area contributed by atoms with Gasteiger partial charge in [-0.2, -0.15) is 0 Å². The van der Waals surface area contributed by atoms with Crippen molar-refractivity contribution < 1.29 is 4.79 Å². The maximum atomic E-state index is 12.1. The fourth-order valence-electron chi connectivity index (χ4n) is 2.35. The Balaban J connectivity index is 0.00000364. The number of nitrogens with two attached hydrogens (primary N) is 1. The van der Waals surface area contributed by atoms with Gasteiger partial charge in [0.25, 0.3) is 5.91 Å². The summed E-state index contributed by atoms with van der Waals surface area (Å²) in [5, 5.41) is 6.06. The first kappa shape index (κ1) is 23.0. The smallest absolute Gasteiger partial charge is 0.251 e. The summed E-state index contributed by atoms with van der Waals surface area (Å²) in [6.07, 6.45) is 0.908. The van der Waals surface area contributed by atoms with Crippen molar-refractivity contribution in [2.24, 2.45) is 10.7 Å². The molecule has 1 amide bonds. The van der Waals surface area contributed by atoms with Crippen LogP contribution < -0.4 is 16.4 Å². The van der Waals surface area contributed by atoms with Crippen molar-refractivity contribution in [1.82, 2.24) is 5.32 Å². The Hall–Kier alpha value is -2.09. The molecule has 146 valence electrons. The van der Waals surface area contributed by atoms with Crippen LogP contribution in [0.4, 0.5) is 5.69 Å². The number of carbonyl (C=O) groups excluding carboxylic acids is 1. The lowest BCUT2D eigenvalue weighted by Gasteiger charge is -2.11. The van der Waals surface area contributed by atoms with Crippen molar-refractivity contribution >= 4 is 41.5 Å². The van der Waals surface area contributed by atoms with E-state index in [-0.39, 0.29) is 35.9 Å². The van der Waals surface area contributed by atoms with Gasteiger partial charge in [-0.15, -0.1) is 24.0 Å². The van der Waals surface area contributed by atoms with E-state index in [1.54, 1.807) is 0 Å². The quantitative estimate of drug-likeness (QED) is 0.326. The number of nitrogens with one attached hydrogen (secondary N) is 2. The van der Waals surface area contributed by atoms with Crippen molar-refractivity contribution in [3.63, 3.8) is 0 Å². The molecule has 1 unspecified atom stereocenters. The van der Waals surface area contributed by atoms with Gasteiger partial charge in [-0.3, -0.25) is 4.79 Å². The highest BCUT2D eigenvalue weighted by atomic mass is 127. The van der Waals surface area contributed by atoms with Gasteiger partial charge in [0.15, 0.2) is 5.96 Å². The first-order valence-corrected chi connectivity index (χ1v) is 8.93. The molecule has 5 nitrogen and oxygen atoms in total. The fraction of sp³-hybridized carbons (Fsp3) is 0.333. The Morgan fingerprint density at radius 3 is 2.37 bits per heavy atom. The van der Waals surface area contributed by atoms with Crippen LogP contribution in [0.2, 0.25) is 0 Å². The molecule has 0 bridgehead atoms. The summed E-state index contributed by atoms with van der Waals surface area (Å²) in [6, 6.07) is 13.7. The minimum atomic E-state index is -0.0506. The molecule has 0 radical (unpaired) electrons. The molecule has 0 saturated heterocycles. The molecule has 27 heavy (non-hydrogen) atoms. The fourth-order valence-corrected chi connectivity index (χ4v) is 2.35. The summed E-state index contributed by atoms with van der Waals surface area (Å²) in [6.45, 7) is 8.63. The number of halogens is 1. The Bertz CT molecular complexity index is 787. The number of aliphatic imine (C=N–C) groups is 1. The summed E-state index contributed by atoms with van der Waals surface area (Å²) in [5.41, 5.74) is 11.0. The number of carbonyl (C=O) groups is 1. The van der Waals surface area contributed by atoms with E-state index in [4.69, 9.17) is 5.73 Å². The average Bonchev–Trinajstić information content (AvgIpc) is 2.63. The third kappa shape index (κ3) is 7.21. The number of amides is 1. The molecule has 1 atom stereocenters. The molecule has 4 N–H and O–H groups in total. The highest BCUT2D eigenvalue weighted by Gasteiger charge is 2.08. The Labute approximate surface area is 178 Å². The van der Waals surface area contributed by atoms with Gasteiger partial charge in [-0.25, -0.2) is 4.99 Å². The van der Waals surface area contributed by atoms with Gasteiger partial charge in [0.2, 0.25) is 0 Å². The van der Waals surface area contributed by atoms with Crippen LogP contribution in [0.5, 0.6) is 0 Å². The maximum Gasteiger partial charge on any atom is 0.251 e. The lowest BCUT2D eigenvalue weighted by molar-refractivity contribution is 0.0939. The van der Waals surface area contributed by atoms with Crippen LogP contribution in [-0.4, -0.2) is 17.9 Å². The monoisotopic (exact) mass is 480 g/mol. The molecule has 0 fully saturated rings. The molecule has 2 aromatic carbocycles. The molecule has 0 saturated carbocycles. The van der Waals surface area contributed by atoms with E-state index in [1.807, 2.05) is 56.3 Å². The number of nitrogens with zero attached hydrogens (tertiary/aromatic N) is 1. The largest absolute Gasteiger partial charge is 0.370 e. The summed E-state index contributed by atoms with van der Waals surface area (Å²) in [7, 11) is 0. The van der Waals surface area contributed by atoms with Crippen molar-refractivity contribution in [3.8, 4) is 0 Å². The summed E-state index contributed by atoms with van der Waals surface area (Å²) in [4.78, 5) is 16.4. The second-order valence-electron chi connectivity index (χ2n) is 6.61. The molecule has 2 rings (SSSR count). The summed E-state index contributed by atoms with van der Waals surface area (Å²) < 4.78 is 0. The molecule has 0 aliphatic heterocycles. The Morgan fingerprint density at radius 2 is 1.78 bits per heavy atom. The number of hydrogen-bond acceptors (Lipinski definition) is 2. The van der Waals surface area contributed by atoms with Crippen molar-refractivity contribution in [3.05, 3.63) is 64.7 Å². The zero-order valence-electron chi connectivity index (χ0n) is 16.4. The van der Waals surface area contributed by atoms with E-state index in [0.717, 1.165) is 17.7 Å². The van der Waals surface area contributed by atoms with Gasteiger partial charge in [0.1, 0.15) is 0 Å². The zero-order chi connectivity index (χ0) is 19.1. The highest BCUT2D eigenvalue weighted by Crippen LogP contribution is 2.14. The summed E-state index contributed by atoms with van der Waals surface area (Å²) in [5.74, 6) is 0.317. The predicted molar refractivity (Wildman–Crippen MR) is 124 cm³/mol. The number of hydrogen-bond donors (Lipinski definition) is 3. The van der Waals surface area contributed by atoms with Crippen LogP contribution in [0, 0.1) is 13.8 Å². The van der Waals surface area contributed by atoms with Crippen molar-refractivity contribution in [1.29, 1.82) is 0 Å². The molecular formula is C21H29IN4O. The topological polar surface area (TPSA) is 79.5 Å². The molecule has 2 aromatic rings. The molecule has 0 spiro atoms. The van der Waals surface area contributed by atoms with Crippen molar-refractivity contribution in [2.75, 3.05) is 5.32 Å². The van der Waals surface area contributed by atoms with Crippen LogP contribution in [-0.2, 0) is 6.54 Å². The van der Waals surface area contributed by atoms with E-state index >= 15 is 0 Å². The SMILES string of the molecule is CCC(C)NC(=O)c1ccc(CN=C(N)Nc2ccc(C)c(C)c2)cc1.I. The first-order chi connectivity index (χ1) is 12.4. The minimum absolute atomic E-state index is 0. The van der Waals surface area contributed by atoms with Gasteiger partial charge < -0.3 is 16.4 Å². The number of rotatable bonds is 6. The van der Waals surface area contributed by atoms with Gasteiger partial charge in [-0.1, -0.05) is 25.1 Å². The minimum Gasteiger partial charge on any atom is -0.370 e. The zero-order valence-corrected chi connectivity index (χ0v) is 18.7. The van der Waals surface area contributed by atoms with E-state index in [2.05, 4.69) is 29.5 Å². The second kappa shape index (κ2) is 10.9. The van der Waals surface area contributed by atoms with Crippen LogP contribution in [0.1, 0.15) is 47.3 Å². The lowest BCUT2D eigenvalue weighted by atomic mass is 10.1. The first-order valence-electron chi connectivity index (χ1n) is 8.93. The van der Waals surface area contributed by atoms with E-state index < -0.39 is 0 Å². The normalized spacial score (nSPS) is 12.1.